The van der Waals surface area contributed by atoms with Crippen LogP contribution in [0.25, 0.3) is 16.2 Å². The minimum Gasteiger partial charge on any atom is -0.376 e. The summed E-state index contributed by atoms with van der Waals surface area (Å²) in [6.07, 6.45) is 4.53. The van der Waals surface area contributed by atoms with E-state index in [1.165, 1.54) is 12.1 Å². The standard InChI is InChI=1S/C25H23ClFN3O2S/c26-18-9-7-17(8-10-18)23-15-30-19(16-33-25(30)28-23)11-12-29(14-20-4-3-13-32-20)24(31)21-5-1-2-6-22(21)27/h1-2,5-10,15-16,20H,3-4,11-14H2. The number of carbonyl (C=O) groups is 1. The fraction of sp³-hybridized carbons (Fsp3) is 0.280. The fourth-order valence-corrected chi connectivity index (χ4v) is 5.17. The Labute approximate surface area is 200 Å². The Bertz CT molecular complexity index is 1260. The quantitative estimate of drug-likeness (QED) is 0.338. The van der Waals surface area contributed by atoms with Crippen molar-refractivity contribution in [1.82, 2.24) is 14.3 Å². The third kappa shape index (κ3) is 4.81. The van der Waals surface area contributed by atoms with E-state index in [4.69, 9.17) is 21.3 Å². The molecule has 0 radical (unpaired) electrons. The topological polar surface area (TPSA) is 46.8 Å². The van der Waals surface area contributed by atoms with Crippen LogP contribution in [0, 0.1) is 5.82 Å². The Hall–Kier alpha value is -2.74. The Morgan fingerprint density at radius 2 is 2.06 bits per heavy atom. The second-order valence-electron chi connectivity index (χ2n) is 8.13. The summed E-state index contributed by atoms with van der Waals surface area (Å²) in [5.41, 5.74) is 3.02. The van der Waals surface area contributed by atoms with Gasteiger partial charge in [-0.15, -0.1) is 11.3 Å². The Morgan fingerprint density at radius 1 is 1.24 bits per heavy atom. The third-order valence-corrected chi connectivity index (χ3v) is 7.04. The second kappa shape index (κ2) is 9.63. The van der Waals surface area contributed by atoms with Crippen LogP contribution in [0.1, 0.15) is 28.9 Å². The molecule has 1 aliphatic rings. The molecule has 1 amide bonds. The maximum absolute atomic E-state index is 14.3. The summed E-state index contributed by atoms with van der Waals surface area (Å²) in [4.78, 5) is 20.5. The van der Waals surface area contributed by atoms with Crippen molar-refractivity contribution >= 4 is 33.8 Å². The van der Waals surface area contributed by atoms with Crippen molar-refractivity contribution in [2.45, 2.75) is 25.4 Å². The maximum Gasteiger partial charge on any atom is 0.256 e. The lowest BCUT2D eigenvalue weighted by Gasteiger charge is -2.25. The number of amides is 1. The predicted molar refractivity (Wildman–Crippen MR) is 128 cm³/mol. The highest BCUT2D eigenvalue weighted by molar-refractivity contribution is 7.15. The first kappa shape index (κ1) is 22.1. The van der Waals surface area contributed by atoms with E-state index in [-0.39, 0.29) is 17.6 Å². The largest absolute Gasteiger partial charge is 0.376 e. The molecule has 1 saturated heterocycles. The van der Waals surface area contributed by atoms with Gasteiger partial charge in [0, 0.05) is 54.0 Å². The molecule has 0 saturated carbocycles. The summed E-state index contributed by atoms with van der Waals surface area (Å²) in [7, 11) is 0. The molecule has 4 aromatic rings. The van der Waals surface area contributed by atoms with Gasteiger partial charge in [0.05, 0.1) is 17.4 Å². The molecule has 33 heavy (non-hydrogen) atoms. The number of ether oxygens (including phenoxy) is 1. The van der Waals surface area contributed by atoms with Crippen LogP contribution < -0.4 is 0 Å². The molecule has 170 valence electrons. The van der Waals surface area contributed by atoms with Crippen LogP contribution in [0.2, 0.25) is 5.02 Å². The first-order valence-electron chi connectivity index (χ1n) is 11.0. The molecule has 8 heteroatoms. The summed E-state index contributed by atoms with van der Waals surface area (Å²) < 4.78 is 22.1. The van der Waals surface area contributed by atoms with Gasteiger partial charge in [0.2, 0.25) is 0 Å². The Balaban J connectivity index is 1.36. The third-order valence-electron chi connectivity index (χ3n) is 5.90. The van der Waals surface area contributed by atoms with Gasteiger partial charge in [-0.2, -0.15) is 0 Å². The van der Waals surface area contributed by atoms with Gasteiger partial charge in [0.25, 0.3) is 5.91 Å². The highest BCUT2D eigenvalue weighted by Crippen LogP contribution is 2.25. The molecule has 0 bridgehead atoms. The smallest absolute Gasteiger partial charge is 0.256 e. The molecule has 0 aliphatic carbocycles. The second-order valence-corrected chi connectivity index (χ2v) is 9.40. The van der Waals surface area contributed by atoms with Crippen molar-refractivity contribution in [3.8, 4) is 11.3 Å². The summed E-state index contributed by atoms with van der Waals surface area (Å²) in [6.45, 7) is 1.63. The molecule has 0 N–H and O–H groups in total. The Morgan fingerprint density at radius 3 is 2.82 bits per heavy atom. The van der Waals surface area contributed by atoms with Crippen LogP contribution in [0.4, 0.5) is 4.39 Å². The summed E-state index contributed by atoms with van der Waals surface area (Å²) in [6, 6.07) is 13.7. The van der Waals surface area contributed by atoms with Crippen molar-refractivity contribution < 1.29 is 13.9 Å². The van der Waals surface area contributed by atoms with Gasteiger partial charge in [-0.3, -0.25) is 9.20 Å². The molecule has 2 aromatic heterocycles. The summed E-state index contributed by atoms with van der Waals surface area (Å²) in [5.74, 6) is -0.803. The summed E-state index contributed by atoms with van der Waals surface area (Å²) >= 11 is 7.57. The van der Waals surface area contributed by atoms with Crippen molar-refractivity contribution in [1.29, 1.82) is 0 Å². The SMILES string of the molecule is O=C(c1ccccc1F)N(CCc1csc2nc(-c3ccc(Cl)cc3)cn12)CC1CCCO1. The molecule has 5 rings (SSSR count). The number of aromatic nitrogens is 2. The van der Waals surface area contributed by atoms with Crippen molar-refractivity contribution in [2.75, 3.05) is 19.7 Å². The number of carbonyl (C=O) groups excluding carboxylic acids is 1. The molecular weight excluding hydrogens is 461 g/mol. The zero-order chi connectivity index (χ0) is 22.8. The zero-order valence-electron chi connectivity index (χ0n) is 17.9. The van der Waals surface area contributed by atoms with Crippen LogP contribution in [0.15, 0.2) is 60.1 Å². The van der Waals surface area contributed by atoms with Gasteiger partial charge in [0.15, 0.2) is 4.96 Å². The maximum atomic E-state index is 14.3. The molecule has 1 atom stereocenters. The van der Waals surface area contributed by atoms with Gasteiger partial charge in [-0.25, -0.2) is 9.37 Å². The van der Waals surface area contributed by atoms with Gasteiger partial charge in [0.1, 0.15) is 5.82 Å². The van der Waals surface area contributed by atoms with Crippen LogP contribution in [-0.4, -0.2) is 46.0 Å². The molecule has 0 spiro atoms. The van der Waals surface area contributed by atoms with E-state index in [9.17, 15) is 9.18 Å². The molecule has 5 nitrogen and oxygen atoms in total. The van der Waals surface area contributed by atoms with E-state index in [2.05, 4.69) is 9.78 Å². The first-order valence-corrected chi connectivity index (χ1v) is 12.2. The molecular formula is C25H23ClFN3O2S. The van der Waals surface area contributed by atoms with E-state index >= 15 is 0 Å². The van der Waals surface area contributed by atoms with E-state index in [1.807, 2.05) is 30.5 Å². The minimum absolute atomic E-state index is 0.00651. The average Bonchev–Trinajstić information content (AvgIpc) is 3.55. The van der Waals surface area contributed by atoms with Crippen LogP contribution in [0.5, 0.6) is 0 Å². The monoisotopic (exact) mass is 483 g/mol. The van der Waals surface area contributed by atoms with Gasteiger partial charge in [-0.1, -0.05) is 35.9 Å². The Kier molecular flexibility index (Phi) is 6.44. The van der Waals surface area contributed by atoms with Crippen molar-refractivity contribution in [3.63, 3.8) is 0 Å². The fourth-order valence-electron chi connectivity index (χ4n) is 4.13. The lowest BCUT2D eigenvalue weighted by molar-refractivity contribution is 0.0524. The number of hydrogen-bond donors (Lipinski definition) is 0. The molecule has 1 unspecified atom stereocenters. The number of imidazole rings is 1. The van der Waals surface area contributed by atoms with Crippen molar-refractivity contribution in [3.05, 3.63) is 82.2 Å². The predicted octanol–water partition coefficient (Wildman–Crippen LogP) is 5.72. The number of fused-ring (bicyclic) bond motifs is 1. The molecule has 3 heterocycles. The van der Waals surface area contributed by atoms with Crippen LogP contribution in [-0.2, 0) is 11.2 Å². The molecule has 2 aromatic carbocycles. The van der Waals surface area contributed by atoms with Gasteiger partial charge >= 0.3 is 0 Å². The highest BCUT2D eigenvalue weighted by Gasteiger charge is 2.25. The van der Waals surface area contributed by atoms with E-state index in [0.717, 1.165) is 34.8 Å². The highest BCUT2D eigenvalue weighted by atomic mass is 35.5. The normalized spacial score (nSPS) is 15.9. The molecule has 1 aliphatic heterocycles. The minimum atomic E-state index is -0.500. The number of rotatable bonds is 7. The van der Waals surface area contributed by atoms with E-state index in [1.54, 1.807) is 28.4 Å². The van der Waals surface area contributed by atoms with Crippen LogP contribution in [0.3, 0.4) is 0 Å². The van der Waals surface area contributed by atoms with Crippen LogP contribution >= 0.6 is 22.9 Å². The van der Waals surface area contributed by atoms with Gasteiger partial charge < -0.3 is 9.64 Å². The molecule has 1 fully saturated rings. The van der Waals surface area contributed by atoms with E-state index in [0.29, 0.717) is 31.1 Å². The van der Waals surface area contributed by atoms with Gasteiger partial charge in [-0.05, 0) is 37.1 Å². The number of halogens is 2. The van der Waals surface area contributed by atoms with E-state index < -0.39 is 5.82 Å². The number of benzene rings is 2. The number of hydrogen-bond acceptors (Lipinski definition) is 4. The first-order chi connectivity index (χ1) is 16.1. The van der Waals surface area contributed by atoms with Crippen molar-refractivity contribution in [2.24, 2.45) is 0 Å². The lowest BCUT2D eigenvalue weighted by Crippen LogP contribution is -2.39. The lowest BCUT2D eigenvalue weighted by atomic mass is 10.1. The zero-order valence-corrected chi connectivity index (χ0v) is 19.5. The average molecular weight is 484 g/mol. The summed E-state index contributed by atoms with van der Waals surface area (Å²) in [5, 5.41) is 2.75. The number of nitrogens with zero attached hydrogens (tertiary/aromatic N) is 3. The number of thiazole rings is 1.